The van der Waals surface area contributed by atoms with E-state index in [2.05, 4.69) is 194 Å². The molecule has 0 saturated heterocycles. The van der Waals surface area contributed by atoms with Gasteiger partial charge < -0.3 is 0 Å². The minimum Gasteiger partial charge on any atom is -0.0683 e. The molecule has 5 saturated carbocycles. The lowest BCUT2D eigenvalue weighted by atomic mass is 9.88. The molecular formula is C65H150. The molecule has 0 heterocycles. The molecule has 0 heteroatoms. The van der Waals surface area contributed by atoms with Crippen molar-refractivity contribution in [2.24, 2.45) is 58.2 Å². The molecule has 0 amide bonds. The molecule has 5 aliphatic rings. The van der Waals surface area contributed by atoms with E-state index in [-0.39, 0.29) is 0 Å². The summed E-state index contributed by atoms with van der Waals surface area (Å²) in [5.74, 6) is 7.99. The van der Waals surface area contributed by atoms with Crippen LogP contribution in [0.25, 0.3) is 0 Å². The van der Waals surface area contributed by atoms with Gasteiger partial charge in [0.05, 0.1) is 0 Å². The predicted molar refractivity (Wildman–Crippen MR) is 321 cm³/mol. The van der Waals surface area contributed by atoms with Crippen molar-refractivity contribution in [3.05, 3.63) is 0 Å². The van der Waals surface area contributed by atoms with Crippen molar-refractivity contribution >= 4 is 0 Å². The van der Waals surface area contributed by atoms with Gasteiger partial charge in [0.25, 0.3) is 0 Å². The van der Waals surface area contributed by atoms with Crippen LogP contribution in [0.1, 0.15) is 369 Å². The first-order valence-corrected chi connectivity index (χ1v) is 30.2. The van der Waals surface area contributed by atoms with Gasteiger partial charge in [-0.2, -0.15) is 0 Å². The Morgan fingerprint density at radius 3 is 0.662 bits per heavy atom. The van der Waals surface area contributed by atoms with Gasteiger partial charge in [-0.1, -0.05) is 350 Å². The van der Waals surface area contributed by atoms with Gasteiger partial charge in [0.2, 0.25) is 0 Å². The van der Waals surface area contributed by atoms with Gasteiger partial charge in [0.15, 0.2) is 0 Å². The summed E-state index contributed by atoms with van der Waals surface area (Å²) >= 11 is 0. The minimum absolute atomic E-state index is 0.500. The molecular weight excluding hydrogens is 781 g/mol. The summed E-state index contributed by atoms with van der Waals surface area (Å²) in [4.78, 5) is 0. The Morgan fingerprint density at radius 2 is 0.646 bits per heavy atom. The Balaban J connectivity index is -0.0000000627. The normalized spacial score (nSPS) is 16.8. The van der Waals surface area contributed by atoms with Crippen LogP contribution in [0.2, 0.25) is 0 Å². The highest BCUT2D eigenvalue weighted by atomic mass is 14.4. The predicted octanol–water partition coefficient (Wildman–Crippen LogP) is 26.4. The molecule has 2 unspecified atom stereocenters. The molecule has 0 bridgehead atoms. The van der Waals surface area contributed by atoms with Crippen LogP contribution in [0.4, 0.5) is 0 Å². The molecule has 5 fully saturated rings. The molecule has 0 N–H and O–H groups in total. The fraction of sp³-hybridized carbons (Fsp3) is 1.00. The Kier molecular flexibility index (Phi) is 98.8. The third-order valence-corrected chi connectivity index (χ3v) is 10.1. The molecule has 0 aromatic heterocycles. The van der Waals surface area contributed by atoms with Gasteiger partial charge >= 0.3 is 0 Å². The number of hydrogen-bond acceptors (Lipinski definition) is 0. The molecule has 0 aromatic carbocycles. The van der Waals surface area contributed by atoms with Crippen molar-refractivity contribution in [1.29, 1.82) is 0 Å². The van der Waals surface area contributed by atoms with Gasteiger partial charge in [-0.25, -0.2) is 0 Å². The van der Waals surface area contributed by atoms with Crippen molar-refractivity contribution in [3.63, 3.8) is 0 Å². The van der Waals surface area contributed by atoms with E-state index in [1.165, 1.54) is 148 Å². The Bertz CT molecular complexity index is 607. The lowest BCUT2D eigenvalue weighted by molar-refractivity contribution is 0.346. The standard InChI is InChI=1S/C6H14.4C5H10.4C5H12.C4H8.2C4H10.C3H8.2C2H6/c1-3-5-6-4-2;1-5(2)3-4-5;1-4-3-5(4)2;1-5-3-2-4-5;1-2-5-3-4-5;1-5(2,3)4;2*1-4-5(2)3;1-3-5-4-2;1-4-2-3-4;1-4(2)3;1-3-4-2;1-3-2;2*1-2/h3-6H2,1-2H3;3-4H2,1-2H3;4-5H,3H2,1-2H3;2*5H,2-4H2,1H3;1-4H3;2*5H,4H2,1-3H3;3-5H2,1-2H3;4H,2-3H2,1H3;4H,1-3H3;3-4H2,1-2H3;3H2,1-2H3;2*1-2H3. The third kappa shape index (κ3) is 201. The maximum absolute atomic E-state index is 2.31. The fourth-order valence-corrected chi connectivity index (χ4v) is 2.92. The molecule has 2 atom stereocenters. The van der Waals surface area contributed by atoms with Crippen LogP contribution in [0.5, 0.6) is 0 Å². The maximum Gasteiger partial charge on any atom is -0.0354 e. The average Bonchev–Trinajstić information content (AvgIpc) is 4.03. The Hall–Kier alpha value is 0. The lowest BCUT2D eigenvalue weighted by Crippen LogP contribution is -2.04. The second-order valence-corrected chi connectivity index (χ2v) is 23.5. The van der Waals surface area contributed by atoms with Crippen LogP contribution in [0.15, 0.2) is 0 Å². The number of rotatable bonds is 9. The van der Waals surface area contributed by atoms with Crippen LogP contribution in [0.3, 0.4) is 0 Å². The molecule has 410 valence electrons. The van der Waals surface area contributed by atoms with Crippen molar-refractivity contribution in [3.8, 4) is 0 Å². The first-order chi connectivity index (χ1) is 30.2. The van der Waals surface area contributed by atoms with Gasteiger partial charge in [-0.3, -0.25) is 0 Å². The molecule has 0 nitrogen and oxygen atoms in total. The average molecular weight is 932 g/mol. The number of unbranched alkanes of at least 4 members (excludes halogenated alkanes) is 6. The van der Waals surface area contributed by atoms with Crippen LogP contribution in [0, 0.1) is 58.2 Å². The van der Waals surface area contributed by atoms with E-state index in [1.807, 2.05) is 27.7 Å². The van der Waals surface area contributed by atoms with Gasteiger partial charge in [-0.15, -0.1) is 0 Å². The SMILES string of the molecule is CC.CC.CC(C)(C)C.CC(C)C.CC1(C)CC1.CC1CC1.CC1CC1C.CC1CCC1.CCC.CCC(C)C.CCC(C)C.CCC1CC1.CCCC.CCCCC.CCCCCC. The minimum atomic E-state index is 0.500. The highest BCUT2D eigenvalue weighted by Crippen LogP contribution is 2.43. The van der Waals surface area contributed by atoms with E-state index in [0.29, 0.717) is 5.41 Å². The van der Waals surface area contributed by atoms with E-state index < -0.39 is 0 Å². The zero-order valence-corrected chi connectivity index (χ0v) is 53.9. The topological polar surface area (TPSA) is 0 Å². The zero-order chi connectivity index (χ0) is 53.9. The molecule has 0 aromatic rings. The summed E-state index contributed by atoms with van der Waals surface area (Å²) in [6, 6.07) is 0. The molecule has 0 aliphatic heterocycles. The largest absolute Gasteiger partial charge is 0.0683 e. The van der Waals surface area contributed by atoms with Crippen LogP contribution >= 0.6 is 0 Å². The highest BCUT2D eigenvalue weighted by molar-refractivity contribution is 4.82. The van der Waals surface area contributed by atoms with Crippen molar-refractivity contribution in [2.45, 2.75) is 369 Å². The van der Waals surface area contributed by atoms with Gasteiger partial charge in [0.1, 0.15) is 0 Å². The van der Waals surface area contributed by atoms with Gasteiger partial charge in [0, 0.05) is 0 Å². The molecule has 0 spiro atoms. The molecule has 5 aliphatic carbocycles. The monoisotopic (exact) mass is 931 g/mol. The summed E-state index contributed by atoms with van der Waals surface area (Å²) in [6.07, 6.45) is 32.4. The van der Waals surface area contributed by atoms with Crippen LogP contribution < -0.4 is 0 Å². The molecule has 65 heavy (non-hydrogen) atoms. The van der Waals surface area contributed by atoms with Crippen molar-refractivity contribution < 1.29 is 0 Å². The zero-order valence-electron chi connectivity index (χ0n) is 53.9. The first-order valence-electron chi connectivity index (χ1n) is 30.2. The summed E-state index contributed by atoms with van der Waals surface area (Å²) < 4.78 is 0. The Labute approximate surface area is 425 Å². The van der Waals surface area contributed by atoms with Crippen molar-refractivity contribution in [2.75, 3.05) is 0 Å². The van der Waals surface area contributed by atoms with E-state index in [9.17, 15) is 0 Å². The molecule has 0 radical (unpaired) electrons. The van der Waals surface area contributed by atoms with E-state index >= 15 is 0 Å². The van der Waals surface area contributed by atoms with E-state index in [0.717, 1.165) is 52.8 Å². The summed E-state index contributed by atoms with van der Waals surface area (Å²) in [7, 11) is 0. The quantitative estimate of drug-likeness (QED) is 0.202. The molecule has 5 rings (SSSR count). The smallest absolute Gasteiger partial charge is 0.0354 e. The second kappa shape index (κ2) is 73.0. The summed E-state index contributed by atoms with van der Waals surface area (Å²) in [5.41, 5.74) is 1.25. The second-order valence-electron chi connectivity index (χ2n) is 23.5. The van der Waals surface area contributed by atoms with E-state index in [1.54, 1.807) is 0 Å². The van der Waals surface area contributed by atoms with Crippen molar-refractivity contribution in [1.82, 2.24) is 0 Å². The van der Waals surface area contributed by atoms with Gasteiger partial charge in [-0.05, 0) is 77.4 Å². The fourth-order valence-electron chi connectivity index (χ4n) is 2.92. The highest BCUT2D eigenvalue weighted by Gasteiger charge is 2.30. The first kappa shape index (κ1) is 88.0. The summed E-state index contributed by atoms with van der Waals surface area (Å²) in [5, 5.41) is 0. The lowest BCUT2D eigenvalue weighted by Gasteiger charge is -2.18. The van der Waals surface area contributed by atoms with Crippen LogP contribution in [-0.4, -0.2) is 0 Å². The third-order valence-electron chi connectivity index (χ3n) is 10.1. The Morgan fingerprint density at radius 1 is 0.446 bits per heavy atom. The van der Waals surface area contributed by atoms with E-state index in [4.69, 9.17) is 0 Å². The maximum atomic E-state index is 2.31. The number of hydrogen-bond donors (Lipinski definition) is 0. The van der Waals surface area contributed by atoms with Crippen LogP contribution in [-0.2, 0) is 0 Å². The summed E-state index contributed by atoms with van der Waals surface area (Å²) in [6.45, 7) is 70.1.